The molecular weight excluding hydrogens is 376 g/mol. The largest absolute Gasteiger partial charge is 0.392 e. The van der Waals surface area contributed by atoms with Gasteiger partial charge in [-0.15, -0.1) is 5.53 Å². The predicted octanol–water partition coefficient (Wildman–Crippen LogP) is 3.15. The Hall–Kier alpha value is -3.29. The van der Waals surface area contributed by atoms with E-state index in [9.17, 15) is 5.11 Å². The second-order valence-electron chi connectivity index (χ2n) is 7.87. The van der Waals surface area contributed by atoms with E-state index >= 15 is 0 Å². The molecule has 4 N–H and O–H groups in total. The van der Waals surface area contributed by atoms with E-state index in [1.54, 1.807) is 0 Å². The van der Waals surface area contributed by atoms with Crippen molar-refractivity contribution in [3.05, 3.63) is 77.2 Å². The highest BCUT2D eigenvalue weighted by atomic mass is 16.3. The van der Waals surface area contributed by atoms with E-state index in [2.05, 4.69) is 51.5 Å². The molecule has 2 aliphatic rings. The van der Waals surface area contributed by atoms with Crippen LogP contribution in [0, 0.1) is 0 Å². The first-order valence-electron chi connectivity index (χ1n) is 10.2. The van der Waals surface area contributed by atoms with E-state index in [0.29, 0.717) is 0 Å². The van der Waals surface area contributed by atoms with Gasteiger partial charge in [0.05, 0.1) is 30.2 Å². The molecule has 2 aliphatic heterocycles. The minimum atomic E-state index is 0.0142. The second kappa shape index (κ2) is 7.51. The molecule has 1 aromatic heterocycles. The minimum absolute atomic E-state index is 0.0142. The Labute approximate surface area is 176 Å². The van der Waals surface area contributed by atoms with Gasteiger partial charge in [0, 0.05) is 42.2 Å². The number of hydrogen-bond donors (Lipinski definition) is 4. The molecule has 154 valence electrons. The van der Waals surface area contributed by atoms with Gasteiger partial charge in [-0.1, -0.05) is 30.3 Å². The Morgan fingerprint density at radius 3 is 2.87 bits per heavy atom. The summed E-state index contributed by atoms with van der Waals surface area (Å²) >= 11 is 0. The van der Waals surface area contributed by atoms with Crippen LogP contribution >= 0.6 is 0 Å². The zero-order valence-electron chi connectivity index (χ0n) is 17.2. The van der Waals surface area contributed by atoms with Gasteiger partial charge in [-0.05, 0) is 36.6 Å². The van der Waals surface area contributed by atoms with E-state index < -0.39 is 0 Å². The molecular formula is C23H26N6O. The van der Waals surface area contributed by atoms with Gasteiger partial charge in [0.15, 0.2) is 0 Å². The molecule has 3 aromatic rings. The van der Waals surface area contributed by atoms with Crippen LogP contribution in [0.15, 0.2) is 60.6 Å². The smallest absolute Gasteiger partial charge is 0.0814 e. The molecule has 5 rings (SSSR count). The SMILES string of the molecule is CC1=C2c3ccc(-c4cnn(C)c4)cc3C(Nc3ccccc3CO)CCN2NN1. The van der Waals surface area contributed by atoms with E-state index in [-0.39, 0.29) is 12.6 Å². The average molecular weight is 403 g/mol. The zero-order valence-corrected chi connectivity index (χ0v) is 17.2. The number of hydrogen-bond acceptors (Lipinski definition) is 6. The van der Waals surface area contributed by atoms with E-state index in [1.165, 1.54) is 16.8 Å². The lowest BCUT2D eigenvalue weighted by molar-refractivity contribution is 0.279. The van der Waals surface area contributed by atoms with Gasteiger partial charge >= 0.3 is 0 Å². The van der Waals surface area contributed by atoms with Crippen LogP contribution in [0.4, 0.5) is 5.69 Å². The number of allylic oxidation sites excluding steroid dienone is 1. The van der Waals surface area contributed by atoms with Crippen molar-refractivity contribution in [1.29, 1.82) is 0 Å². The maximum Gasteiger partial charge on any atom is 0.0814 e. The summed E-state index contributed by atoms with van der Waals surface area (Å²) in [4.78, 5) is 0. The number of rotatable bonds is 4. The van der Waals surface area contributed by atoms with Crippen molar-refractivity contribution in [2.75, 3.05) is 11.9 Å². The van der Waals surface area contributed by atoms with Gasteiger partial charge in [0.1, 0.15) is 0 Å². The van der Waals surface area contributed by atoms with Crippen LogP contribution < -0.4 is 16.3 Å². The fourth-order valence-corrected chi connectivity index (χ4v) is 4.35. The number of anilines is 1. The molecule has 3 heterocycles. The molecule has 0 saturated carbocycles. The number of fused-ring (bicyclic) bond motifs is 3. The predicted molar refractivity (Wildman–Crippen MR) is 118 cm³/mol. The van der Waals surface area contributed by atoms with Crippen LogP contribution in [0.5, 0.6) is 0 Å². The van der Waals surface area contributed by atoms with Crippen molar-refractivity contribution in [2.45, 2.75) is 26.0 Å². The Kier molecular flexibility index (Phi) is 4.69. The first kappa shape index (κ1) is 18.7. The highest BCUT2D eigenvalue weighted by Gasteiger charge is 2.30. The molecule has 0 bridgehead atoms. The third-order valence-electron chi connectivity index (χ3n) is 5.88. The van der Waals surface area contributed by atoms with Crippen LogP contribution in [-0.4, -0.2) is 26.4 Å². The monoisotopic (exact) mass is 402 g/mol. The number of nitrogens with one attached hydrogen (secondary N) is 3. The van der Waals surface area contributed by atoms with Gasteiger partial charge in [-0.25, -0.2) is 0 Å². The quantitative estimate of drug-likeness (QED) is 0.537. The molecule has 0 amide bonds. The van der Waals surface area contributed by atoms with Crippen molar-refractivity contribution < 1.29 is 5.11 Å². The molecule has 0 aliphatic carbocycles. The number of para-hydroxylation sites is 1. The summed E-state index contributed by atoms with van der Waals surface area (Å²) in [6.07, 6.45) is 4.85. The molecule has 0 saturated heterocycles. The molecule has 1 atom stereocenters. The third-order valence-corrected chi connectivity index (χ3v) is 5.88. The van der Waals surface area contributed by atoms with E-state index in [4.69, 9.17) is 0 Å². The number of aliphatic hydroxyl groups is 1. The van der Waals surface area contributed by atoms with Crippen molar-refractivity contribution in [3.63, 3.8) is 0 Å². The molecule has 7 nitrogen and oxygen atoms in total. The van der Waals surface area contributed by atoms with Gasteiger partial charge in [-0.3, -0.25) is 9.69 Å². The first-order chi connectivity index (χ1) is 14.6. The lowest BCUT2D eigenvalue weighted by Gasteiger charge is -2.22. The lowest BCUT2D eigenvalue weighted by Crippen LogP contribution is -2.38. The Morgan fingerprint density at radius 1 is 1.20 bits per heavy atom. The molecule has 2 aromatic carbocycles. The van der Waals surface area contributed by atoms with Crippen molar-refractivity contribution in [2.24, 2.45) is 7.05 Å². The topological polar surface area (TPSA) is 77.4 Å². The summed E-state index contributed by atoms with van der Waals surface area (Å²) in [6, 6.07) is 14.7. The average Bonchev–Trinajstić information content (AvgIpc) is 3.32. The summed E-state index contributed by atoms with van der Waals surface area (Å²) in [5.41, 5.74) is 15.4. The molecule has 0 spiro atoms. The fraction of sp³-hybridized carbons (Fsp3) is 0.261. The van der Waals surface area contributed by atoms with Crippen molar-refractivity contribution >= 4 is 11.4 Å². The van der Waals surface area contributed by atoms with Crippen LogP contribution in [0.2, 0.25) is 0 Å². The number of aryl methyl sites for hydroxylation is 1. The van der Waals surface area contributed by atoms with Gasteiger partial charge in [-0.2, -0.15) is 5.10 Å². The molecule has 1 unspecified atom stereocenters. The van der Waals surface area contributed by atoms with Crippen molar-refractivity contribution in [1.82, 2.24) is 25.7 Å². The number of aliphatic hydroxyl groups excluding tert-OH is 1. The minimum Gasteiger partial charge on any atom is -0.392 e. The lowest BCUT2D eigenvalue weighted by atomic mass is 9.93. The highest BCUT2D eigenvalue weighted by Crippen LogP contribution is 2.39. The van der Waals surface area contributed by atoms with Crippen LogP contribution in [0.25, 0.3) is 16.8 Å². The zero-order chi connectivity index (χ0) is 20.7. The molecule has 0 fully saturated rings. The van der Waals surface area contributed by atoms with Gasteiger partial charge < -0.3 is 15.8 Å². The number of aromatic nitrogens is 2. The number of hydrazine groups is 2. The van der Waals surface area contributed by atoms with Crippen LogP contribution in [-0.2, 0) is 13.7 Å². The summed E-state index contributed by atoms with van der Waals surface area (Å²) in [5.74, 6) is 0. The molecule has 0 radical (unpaired) electrons. The van der Waals surface area contributed by atoms with E-state index in [0.717, 1.165) is 41.0 Å². The summed E-state index contributed by atoms with van der Waals surface area (Å²) in [7, 11) is 1.94. The number of benzene rings is 2. The van der Waals surface area contributed by atoms with Crippen molar-refractivity contribution in [3.8, 4) is 11.1 Å². The Morgan fingerprint density at radius 2 is 2.07 bits per heavy atom. The second-order valence-corrected chi connectivity index (χ2v) is 7.87. The van der Waals surface area contributed by atoms with Crippen LogP contribution in [0.3, 0.4) is 0 Å². The summed E-state index contributed by atoms with van der Waals surface area (Å²) in [5, 5.41) is 20.0. The highest BCUT2D eigenvalue weighted by molar-refractivity contribution is 5.75. The Balaban J connectivity index is 1.62. The summed E-state index contributed by atoms with van der Waals surface area (Å²) in [6.45, 7) is 2.96. The molecule has 30 heavy (non-hydrogen) atoms. The first-order valence-corrected chi connectivity index (χ1v) is 10.2. The van der Waals surface area contributed by atoms with Crippen LogP contribution in [0.1, 0.15) is 36.1 Å². The standard InChI is InChI=1S/C23H26N6O/c1-15-23-19-8-7-16(18-12-24-28(2)13-18)11-20(19)22(9-10-29(23)27-26-15)25-21-6-4-3-5-17(21)14-30/h3-8,11-13,22,25-27,30H,9-10,14H2,1-2H3. The maximum absolute atomic E-state index is 9.78. The van der Waals surface area contributed by atoms with E-state index in [1.807, 2.05) is 48.4 Å². The maximum atomic E-state index is 9.78. The fourth-order valence-electron chi connectivity index (χ4n) is 4.35. The summed E-state index contributed by atoms with van der Waals surface area (Å²) < 4.78 is 1.83. The normalized spacial score (nSPS) is 18.0. The van der Waals surface area contributed by atoms with Gasteiger partial charge in [0.2, 0.25) is 0 Å². The molecule has 7 heteroatoms. The van der Waals surface area contributed by atoms with Gasteiger partial charge in [0.25, 0.3) is 0 Å². The third kappa shape index (κ3) is 3.22. The Bertz CT molecular complexity index is 1120. The number of nitrogens with zero attached hydrogens (tertiary/aromatic N) is 3.